The number of nitrogens with zero attached hydrogens (tertiary/aromatic N) is 1. The minimum atomic E-state index is 0.143. The Balaban J connectivity index is 2.27. The fourth-order valence-electron chi connectivity index (χ4n) is 2.64. The van der Waals surface area contributed by atoms with Gasteiger partial charge in [-0.3, -0.25) is 4.90 Å². The van der Waals surface area contributed by atoms with Crippen molar-refractivity contribution in [2.75, 3.05) is 18.1 Å². The second-order valence-electron chi connectivity index (χ2n) is 5.02. The molecule has 1 fully saturated rings. The van der Waals surface area contributed by atoms with Gasteiger partial charge >= 0.3 is 0 Å². The van der Waals surface area contributed by atoms with Gasteiger partial charge in [0.1, 0.15) is 0 Å². The Morgan fingerprint density at radius 3 is 2.89 bits per heavy atom. The molecule has 1 aromatic carbocycles. The van der Waals surface area contributed by atoms with Crippen LogP contribution in [-0.4, -0.2) is 35.0 Å². The molecule has 0 radical (unpaired) electrons. The third-order valence-electron chi connectivity index (χ3n) is 3.46. The number of thioether (sulfide) groups is 1. The van der Waals surface area contributed by atoms with E-state index in [2.05, 4.69) is 58.9 Å². The highest BCUT2D eigenvalue weighted by atomic mass is 79.9. The van der Waals surface area contributed by atoms with Gasteiger partial charge in [0.15, 0.2) is 0 Å². The van der Waals surface area contributed by atoms with Crippen molar-refractivity contribution in [2.45, 2.75) is 32.0 Å². The summed E-state index contributed by atoms with van der Waals surface area (Å²) in [6.45, 7) is 5.55. The lowest BCUT2D eigenvalue weighted by atomic mass is 9.98. The Morgan fingerprint density at radius 1 is 1.50 bits per heavy atom. The van der Waals surface area contributed by atoms with Crippen LogP contribution in [0.5, 0.6) is 0 Å². The molecule has 0 bridgehead atoms. The van der Waals surface area contributed by atoms with Crippen LogP contribution in [0, 0.1) is 0 Å². The summed E-state index contributed by atoms with van der Waals surface area (Å²) in [6, 6.07) is 9.60. The molecule has 2 nitrogen and oxygen atoms in total. The molecule has 2 N–H and O–H groups in total. The number of benzene rings is 1. The van der Waals surface area contributed by atoms with Crippen LogP contribution < -0.4 is 5.73 Å². The van der Waals surface area contributed by atoms with Crippen LogP contribution in [-0.2, 0) is 0 Å². The smallest absolute Gasteiger partial charge is 0.0500 e. The fraction of sp³-hybridized carbons (Fsp3) is 0.571. The van der Waals surface area contributed by atoms with Crippen LogP contribution >= 0.6 is 27.7 Å². The van der Waals surface area contributed by atoms with Crippen LogP contribution in [0.15, 0.2) is 28.7 Å². The Labute approximate surface area is 122 Å². The standard InChI is InChI=1S/C14H21BrN2S/c1-10-9-18-7-6-17(10)14(11(2)16)12-4-3-5-13(15)8-12/h3-5,8,10-11,14H,6-7,9,16H2,1-2H3. The highest BCUT2D eigenvalue weighted by Crippen LogP contribution is 2.30. The SMILES string of the molecule is CC(N)C(c1cccc(Br)c1)N1CCSCC1C. The number of nitrogens with two attached hydrogens (primary N) is 1. The van der Waals surface area contributed by atoms with Crippen molar-refractivity contribution in [3.63, 3.8) is 0 Å². The number of hydrogen-bond donors (Lipinski definition) is 1. The van der Waals surface area contributed by atoms with E-state index in [1.807, 2.05) is 11.8 Å². The van der Waals surface area contributed by atoms with Gasteiger partial charge in [0, 0.05) is 40.6 Å². The third-order valence-corrected chi connectivity index (χ3v) is 5.15. The van der Waals surface area contributed by atoms with E-state index in [1.165, 1.54) is 17.1 Å². The lowest BCUT2D eigenvalue weighted by Gasteiger charge is -2.41. The van der Waals surface area contributed by atoms with E-state index in [0.717, 1.165) is 11.0 Å². The van der Waals surface area contributed by atoms with Gasteiger partial charge in [0.25, 0.3) is 0 Å². The second-order valence-corrected chi connectivity index (χ2v) is 7.09. The van der Waals surface area contributed by atoms with Crippen molar-refractivity contribution in [3.8, 4) is 0 Å². The van der Waals surface area contributed by atoms with Crippen molar-refractivity contribution in [2.24, 2.45) is 5.73 Å². The molecular weight excluding hydrogens is 308 g/mol. The molecule has 0 aliphatic carbocycles. The van der Waals surface area contributed by atoms with Gasteiger partial charge in [-0.1, -0.05) is 28.1 Å². The molecule has 3 atom stereocenters. The van der Waals surface area contributed by atoms with Gasteiger partial charge in [0.2, 0.25) is 0 Å². The van der Waals surface area contributed by atoms with Gasteiger partial charge in [-0.25, -0.2) is 0 Å². The van der Waals surface area contributed by atoms with Crippen LogP contribution in [0.25, 0.3) is 0 Å². The number of rotatable bonds is 3. The third kappa shape index (κ3) is 3.29. The maximum absolute atomic E-state index is 6.25. The molecule has 3 unspecified atom stereocenters. The molecule has 1 aliphatic heterocycles. The Morgan fingerprint density at radius 2 is 2.28 bits per heavy atom. The largest absolute Gasteiger partial charge is 0.326 e. The van der Waals surface area contributed by atoms with Crippen LogP contribution in [0.4, 0.5) is 0 Å². The van der Waals surface area contributed by atoms with Gasteiger partial charge in [-0.2, -0.15) is 11.8 Å². The van der Waals surface area contributed by atoms with E-state index in [9.17, 15) is 0 Å². The Hall–Kier alpha value is -0.0300. The number of hydrogen-bond acceptors (Lipinski definition) is 3. The van der Waals surface area contributed by atoms with Gasteiger partial charge in [0.05, 0.1) is 0 Å². The summed E-state index contributed by atoms with van der Waals surface area (Å²) in [6.07, 6.45) is 0. The quantitative estimate of drug-likeness (QED) is 0.923. The molecule has 0 spiro atoms. The van der Waals surface area contributed by atoms with E-state index in [1.54, 1.807) is 0 Å². The predicted molar refractivity (Wildman–Crippen MR) is 84.0 cm³/mol. The molecule has 0 saturated carbocycles. The molecule has 1 aromatic rings. The first-order chi connectivity index (χ1) is 8.59. The van der Waals surface area contributed by atoms with E-state index >= 15 is 0 Å². The van der Waals surface area contributed by atoms with Gasteiger partial charge in [-0.05, 0) is 31.5 Å². The van der Waals surface area contributed by atoms with E-state index in [4.69, 9.17) is 5.73 Å². The average Bonchev–Trinajstić information content (AvgIpc) is 2.32. The van der Waals surface area contributed by atoms with Crippen molar-refractivity contribution >= 4 is 27.7 Å². The van der Waals surface area contributed by atoms with Crippen LogP contribution in [0.2, 0.25) is 0 Å². The topological polar surface area (TPSA) is 29.3 Å². The predicted octanol–water partition coefficient (Wildman–Crippen LogP) is 3.27. The van der Waals surface area contributed by atoms with E-state index in [0.29, 0.717) is 12.1 Å². The normalized spacial score (nSPS) is 24.8. The van der Waals surface area contributed by atoms with Crippen molar-refractivity contribution < 1.29 is 0 Å². The first-order valence-corrected chi connectivity index (χ1v) is 8.39. The zero-order chi connectivity index (χ0) is 13.1. The van der Waals surface area contributed by atoms with Crippen LogP contribution in [0.1, 0.15) is 25.5 Å². The second kappa shape index (κ2) is 6.42. The molecule has 18 heavy (non-hydrogen) atoms. The molecule has 1 saturated heterocycles. The molecular formula is C14H21BrN2S. The van der Waals surface area contributed by atoms with Crippen molar-refractivity contribution in [1.82, 2.24) is 4.90 Å². The minimum absolute atomic E-state index is 0.143. The molecule has 0 amide bonds. The fourth-order valence-corrected chi connectivity index (χ4v) is 4.10. The van der Waals surface area contributed by atoms with Crippen LogP contribution in [0.3, 0.4) is 0 Å². The molecule has 4 heteroatoms. The molecule has 1 heterocycles. The first kappa shape index (κ1) is 14.4. The summed E-state index contributed by atoms with van der Waals surface area (Å²) in [5, 5.41) is 0. The summed E-state index contributed by atoms with van der Waals surface area (Å²) in [4.78, 5) is 2.56. The lowest BCUT2D eigenvalue weighted by Crippen LogP contribution is -2.48. The van der Waals surface area contributed by atoms with Crippen molar-refractivity contribution in [1.29, 1.82) is 0 Å². The summed E-state index contributed by atoms with van der Waals surface area (Å²) >= 11 is 5.60. The molecule has 100 valence electrons. The minimum Gasteiger partial charge on any atom is -0.326 e. The lowest BCUT2D eigenvalue weighted by molar-refractivity contribution is 0.143. The van der Waals surface area contributed by atoms with E-state index in [-0.39, 0.29) is 6.04 Å². The monoisotopic (exact) mass is 328 g/mol. The molecule has 0 aromatic heterocycles. The zero-order valence-corrected chi connectivity index (χ0v) is 13.4. The highest BCUT2D eigenvalue weighted by molar-refractivity contribution is 9.10. The maximum Gasteiger partial charge on any atom is 0.0500 e. The average molecular weight is 329 g/mol. The zero-order valence-electron chi connectivity index (χ0n) is 11.0. The Kier molecular flexibility index (Phi) is 5.13. The number of halogens is 1. The molecule has 1 aliphatic rings. The summed E-state index contributed by atoms with van der Waals surface area (Å²) in [5.74, 6) is 2.42. The van der Waals surface area contributed by atoms with Gasteiger partial charge < -0.3 is 5.73 Å². The van der Waals surface area contributed by atoms with Crippen molar-refractivity contribution in [3.05, 3.63) is 34.3 Å². The maximum atomic E-state index is 6.25. The Bertz CT molecular complexity index is 397. The van der Waals surface area contributed by atoms with Gasteiger partial charge in [-0.15, -0.1) is 0 Å². The summed E-state index contributed by atoms with van der Waals surface area (Å²) < 4.78 is 1.13. The summed E-state index contributed by atoms with van der Waals surface area (Å²) in [7, 11) is 0. The van der Waals surface area contributed by atoms with E-state index < -0.39 is 0 Å². The molecule has 2 rings (SSSR count). The highest BCUT2D eigenvalue weighted by Gasteiger charge is 2.29. The first-order valence-electron chi connectivity index (χ1n) is 6.44. The summed E-state index contributed by atoms with van der Waals surface area (Å²) in [5.41, 5.74) is 7.57.